The molecule has 0 atom stereocenters. The summed E-state index contributed by atoms with van der Waals surface area (Å²) in [4.78, 5) is 11.9. The highest BCUT2D eigenvalue weighted by atomic mass is 32.1. The maximum atomic E-state index is 11.9. The first-order valence-electron chi connectivity index (χ1n) is 6.81. The van der Waals surface area contributed by atoms with Crippen molar-refractivity contribution >= 4 is 46.3 Å². The Balaban J connectivity index is 2.45. The van der Waals surface area contributed by atoms with Gasteiger partial charge in [0.05, 0.1) is 5.69 Å². The second-order valence-electron chi connectivity index (χ2n) is 4.13. The average Bonchev–Trinajstić information content (AvgIpc) is 2.52. The van der Waals surface area contributed by atoms with E-state index in [9.17, 15) is 4.79 Å². The summed E-state index contributed by atoms with van der Waals surface area (Å²) >= 11 is 9.97. The number of hydrazine groups is 2. The summed E-state index contributed by atoms with van der Waals surface area (Å²) in [7, 11) is 0. The van der Waals surface area contributed by atoms with Crippen molar-refractivity contribution in [3.63, 3.8) is 0 Å². The van der Waals surface area contributed by atoms with Crippen LogP contribution < -0.4 is 32.3 Å². The normalized spacial score (nSPS) is 9.36. The summed E-state index contributed by atoms with van der Waals surface area (Å²) < 4.78 is 0. The van der Waals surface area contributed by atoms with Gasteiger partial charge in [0, 0.05) is 18.7 Å². The summed E-state index contributed by atoms with van der Waals surface area (Å²) in [6.45, 7) is 5.30. The van der Waals surface area contributed by atoms with Crippen LogP contribution in [-0.4, -0.2) is 29.2 Å². The van der Waals surface area contributed by atoms with Gasteiger partial charge < -0.3 is 10.6 Å². The average molecular weight is 340 g/mol. The molecule has 1 rings (SSSR count). The third kappa shape index (κ3) is 6.55. The Kier molecular flexibility index (Phi) is 7.94. The SMILES string of the molecule is CCNC(=S)NNC(=O)c1ccc(NNC(=S)NCC)cc1. The number of thiocarbonyl (C=S) groups is 2. The number of carbonyl (C=O) groups is 1. The highest BCUT2D eigenvalue weighted by Gasteiger charge is 2.05. The largest absolute Gasteiger partial charge is 0.362 e. The van der Waals surface area contributed by atoms with Gasteiger partial charge in [-0.2, -0.15) is 0 Å². The zero-order valence-corrected chi connectivity index (χ0v) is 14.1. The molecule has 0 aromatic heterocycles. The van der Waals surface area contributed by atoms with Crippen LogP contribution in [0.2, 0.25) is 0 Å². The maximum Gasteiger partial charge on any atom is 0.269 e. The molecular weight excluding hydrogens is 320 g/mol. The third-order valence-corrected chi connectivity index (χ3v) is 2.92. The van der Waals surface area contributed by atoms with Gasteiger partial charge in [-0.15, -0.1) is 0 Å². The van der Waals surface area contributed by atoms with Crippen molar-refractivity contribution in [2.24, 2.45) is 0 Å². The van der Waals surface area contributed by atoms with Gasteiger partial charge in [0.2, 0.25) is 0 Å². The molecule has 0 unspecified atom stereocenters. The van der Waals surface area contributed by atoms with Crippen LogP contribution in [0, 0.1) is 0 Å². The van der Waals surface area contributed by atoms with E-state index in [1.54, 1.807) is 24.3 Å². The van der Waals surface area contributed by atoms with Crippen LogP contribution in [0.1, 0.15) is 24.2 Å². The van der Waals surface area contributed by atoms with E-state index >= 15 is 0 Å². The molecule has 0 spiro atoms. The molecular formula is C13H20N6OS2. The molecule has 0 bridgehead atoms. The summed E-state index contributed by atoms with van der Waals surface area (Å²) in [5.74, 6) is -0.275. The number of benzene rings is 1. The molecule has 22 heavy (non-hydrogen) atoms. The van der Waals surface area contributed by atoms with Crippen LogP contribution in [0.3, 0.4) is 0 Å². The van der Waals surface area contributed by atoms with Crippen molar-refractivity contribution in [2.75, 3.05) is 18.5 Å². The summed E-state index contributed by atoms with van der Waals surface area (Å²) in [6, 6.07) is 6.90. The van der Waals surface area contributed by atoms with Crippen LogP contribution in [0.15, 0.2) is 24.3 Å². The Morgan fingerprint density at radius 2 is 1.45 bits per heavy atom. The first kappa shape index (κ1) is 17.9. The minimum Gasteiger partial charge on any atom is -0.362 e. The van der Waals surface area contributed by atoms with E-state index in [1.165, 1.54) is 0 Å². The Hall–Kier alpha value is -2.13. The second kappa shape index (κ2) is 9.74. The molecule has 0 radical (unpaired) electrons. The standard InChI is InChI=1S/C13H20N6OS2/c1-3-14-12(21)18-16-10-7-5-9(6-8-10)11(20)17-19-13(22)15-4-2/h5-8,16H,3-4H2,1-2H3,(H,17,20)(H2,14,18,21)(H2,15,19,22). The fourth-order valence-electron chi connectivity index (χ4n) is 1.43. The fourth-order valence-corrected chi connectivity index (χ4v) is 1.82. The van der Waals surface area contributed by atoms with Gasteiger partial charge in [0.15, 0.2) is 10.2 Å². The van der Waals surface area contributed by atoms with E-state index in [0.29, 0.717) is 22.3 Å². The first-order chi connectivity index (χ1) is 10.6. The van der Waals surface area contributed by atoms with E-state index in [-0.39, 0.29) is 5.91 Å². The zero-order valence-electron chi connectivity index (χ0n) is 12.4. The van der Waals surface area contributed by atoms with Crippen LogP contribution in [0.5, 0.6) is 0 Å². The van der Waals surface area contributed by atoms with Crippen molar-refractivity contribution < 1.29 is 4.79 Å². The molecule has 0 fully saturated rings. The minimum atomic E-state index is -0.275. The van der Waals surface area contributed by atoms with Gasteiger partial charge in [0.25, 0.3) is 5.91 Å². The molecule has 0 aliphatic carbocycles. The number of rotatable bonds is 5. The van der Waals surface area contributed by atoms with E-state index < -0.39 is 0 Å². The molecule has 0 aliphatic heterocycles. The molecule has 0 saturated carbocycles. The molecule has 1 aromatic rings. The molecule has 9 heteroatoms. The lowest BCUT2D eigenvalue weighted by Crippen LogP contribution is -2.46. The molecule has 1 amide bonds. The Morgan fingerprint density at radius 3 is 2.00 bits per heavy atom. The molecule has 7 nitrogen and oxygen atoms in total. The predicted octanol–water partition coefficient (Wildman–Crippen LogP) is 0.626. The van der Waals surface area contributed by atoms with Gasteiger partial charge in [0.1, 0.15) is 0 Å². The number of hydrogen-bond donors (Lipinski definition) is 6. The predicted molar refractivity (Wildman–Crippen MR) is 96.4 cm³/mol. The minimum absolute atomic E-state index is 0.275. The van der Waals surface area contributed by atoms with Crippen molar-refractivity contribution in [3.05, 3.63) is 29.8 Å². The Morgan fingerprint density at radius 1 is 0.909 bits per heavy atom. The second-order valence-corrected chi connectivity index (χ2v) is 4.94. The fraction of sp³-hybridized carbons (Fsp3) is 0.308. The lowest BCUT2D eigenvalue weighted by molar-refractivity contribution is 0.0943. The first-order valence-corrected chi connectivity index (χ1v) is 7.62. The Bertz CT molecular complexity index is 520. The number of amides is 1. The number of hydrogen-bond acceptors (Lipinski definition) is 4. The highest BCUT2D eigenvalue weighted by Crippen LogP contribution is 2.08. The molecule has 0 saturated heterocycles. The van der Waals surface area contributed by atoms with Gasteiger partial charge >= 0.3 is 0 Å². The topological polar surface area (TPSA) is 89.2 Å². The summed E-state index contributed by atoms with van der Waals surface area (Å²) in [5.41, 5.74) is 12.2. The molecule has 6 N–H and O–H groups in total. The quantitative estimate of drug-likeness (QED) is 0.344. The van der Waals surface area contributed by atoms with Crippen LogP contribution in [0.25, 0.3) is 0 Å². The Labute approximate surface area is 140 Å². The van der Waals surface area contributed by atoms with Crippen molar-refractivity contribution in [1.82, 2.24) is 26.9 Å². The van der Waals surface area contributed by atoms with Crippen LogP contribution in [-0.2, 0) is 0 Å². The van der Waals surface area contributed by atoms with Gasteiger partial charge in [-0.1, -0.05) is 0 Å². The summed E-state index contributed by atoms with van der Waals surface area (Å²) in [6.07, 6.45) is 0. The van der Waals surface area contributed by atoms with Crippen molar-refractivity contribution in [3.8, 4) is 0 Å². The van der Waals surface area contributed by atoms with E-state index in [4.69, 9.17) is 24.4 Å². The highest BCUT2D eigenvalue weighted by molar-refractivity contribution is 7.80. The number of anilines is 1. The van der Waals surface area contributed by atoms with Crippen LogP contribution >= 0.6 is 24.4 Å². The molecule has 1 aromatic carbocycles. The van der Waals surface area contributed by atoms with Crippen molar-refractivity contribution in [2.45, 2.75) is 13.8 Å². The monoisotopic (exact) mass is 340 g/mol. The lowest BCUT2D eigenvalue weighted by Gasteiger charge is -2.12. The zero-order chi connectivity index (χ0) is 16.4. The number of nitrogens with one attached hydrogen (secondary N) is 6. The maximum absolute atomic E-state index is 11.9. The van der Waals surface area contributed by atoms with Gasteiger partial charge in [-0.3, -0.25) is 26.5 Å². The smallest absolute Gasteiger partial charge is 0.269 e. The third-order valence-electron chi connectivity index (χ3n) is 2.43. The number of carbonyl (C=O) groups excluding carboxylic acids is 1. The van der Waals surface area contributed by atoms with E-state index in [0.717, 1.165) is 12.2 Å². The van der Waals surface area contributed by atoms with Gasteiger partial charge in [-0.25, -0.2) is 0 Å². The van der Waals surface area contributed by atoms with Crippen LogP contribution in [0.4, 0.5) is 5.69 Å². The molecule has 0 heterocycles. The van der Waals surface area contributed by atoms with Gasteiger partial charge in [-0.05, 0) is 62.5 Å². The summed E-state index contributed by atoms with van der Waals surface area (Å²) in [5, 5.41) is 6.69. The van der Waals surface area contributed by atoms with E-state index in [1.807, 2.05) is 13.8 Å². The molecule has 0 aliphatic rings. The lowest BCUT2D eigenvalue weighted by atomic mass is 10.2. The van der Waals surface area contributed by atoms with E-state index in [2.05, 4.69) is 32.3 Å². The molecule has 120 valence electrons. The van der Waals surface area contributed by atoms with Crippen molar-refractivity contribution in [1.29, 1.82) is 0 Å².